The molecule has 3 rings (SSSR count). The van der Waals surface area contributed by atoms with E-state index < -0.39 is 33.6 Å². The molecular weight excluding hydrogens is 456 g/mol. The van der Waals surface area contributed by atoms with Gasteiger partial charge in [-0.25, -0.2) is 18.0 Å². The molecule has 11 heteroatoms. The minimum Gasteiger partial charge on any atom is -0.465 e. The summed E-state index contributed by atoms with van der Waals surface area (Å²) in [5, 5.41) is 2.76. The third-order valence-corrected chi connectivity index (χ3v) is 7.69. The first kappa shape index (κ1) is 23.7. The number of carbonyl (C=O) groups is 3. The molecule has 2 aromatic rings. The Bertz CT molecular complexity index is 1140. The predicted octanol–water partition coefficient (Wildman–Crippen LogP) is 2.77. The highest BCUT2D eigenvalue weighted by molar-refractivity contribution is 7.92. The number of hydrogen-bond donors (Lipinski definition) is 1. The minimum atomic E-state index is -3.86. The van der Waals surface area contributed by atoms with Gasteiger partial charge in [0.15, 0.2) is 9.84 Å². The second kappa shape index (κ2) is 9.70. The van der Waals surface area contributed by atoms with E-state index in [2.05, 4.69) is 5.32 Å². The quantitative estimate of drug-likeness (QED) is 0.632. The molecule has 2 amide bonds. The van der Waals surface area contributed by atoms with Crippen LogP contribution in [0.5, 0.6) is 0 Å². The van der Waals surface area contributed by atoms with Crippen LogP contribution < -0.4 is 5.32 Å². The van der Waals surface area contributed by atoms with Crippen molar-refractivity contribution in [2.24, 2.45) is 0 Å². The minimum absolute atomic E-state index is 0.0435. The average molecular weight is 481 g/mol. The molecular formula is C21H24N2O7S2. The fraction of sp³-hybridized carbons (Fsp3) is 0.381. The van der Waals surface area contributed by atoms with Gasteiger partial charge in [0.2, 0.25) is 5.91 Å². The largest absolute Gasteiger partial charge is 0.465 e. The van der Waals surface area contributed by atoms with Gasteiger partial charge in [-0.1, -0.05) is 17.7 Å². The van der Waals surface area contributed by atoms with E-state index in [1.807, 2.05) is 6.92 Å². The molecule has 0 bridgehead atoms. The first-order valence-electron chi connectivity index (χ1n) is 9.90. The summed E-state index contributed by atoms with van der Waals surface area (Å²) in [7, 11) is -2.63. The van der Waals surface area contributed by atoms with Crippen molar-refractivity contribution in [2.45, 2.75) is 31.7 Å². The van der Waals surface area contributed by atoms with Gasteiger partial charge in [-0.15, -0.1) is 11.3 Å². The monoisotopic (exact) mass is 480 g/mol. The lowest BCUT2D eigenvalue weighted by molar-refractivity contribution is -0.113. The fourth-order valence-corrected chi connectivity index (χ4v) is 5.75. The van der Waals surface area contributed by atoms with Gasteiger partial charge in [0.1, 0.15) is 10.8 Å². The molecule has 1 aromatic carbocycles. The summed E-state index contributed by atoms with van der Waals surface area (Å²) >= 11 is 1.12. The van der Waals surface area contributed by atoms with E-state index in [-0.39, 0.29) is 28.6 Å². The van der Waals surface area contributed by atoms with Crippen LogP contribution in [-0.2, 0) is 37.1 Å². The summed E-state index contributed by atoms with van der Waals surface area (Å²) in [5.74, 6) is -2.17. The fourth-order valence-electron chi connectivity index (χ4n) is 3.34. The molecule has 0 aliphatic carbocycles. The van der Waals surface area contributed by atoms with Crippen LogP contribution in [0.3, 0.4) is 0 Å². The van der Waals surface area contributed by atoms with Crippen LogP contribution >= 0.6 is 11.3 Å². The Balaban J connectivity index is 1.83. The Hall–Kier alpha value is -2.92. The van der Waals surface area contributed by atoms with Crippen LogP contribution in [0.2, 0.25) is 0 Å². The molecule has 1 N–H and O–H groups in total. The number of benzene rings is 1. The van der Waals surface area contributed by atoms with Gasteiger partial charge >= 0.3 is 12.1 Å². The second-order valence-corrected chi connectivity index (χ2v) is 10.3. The number of nitrogens with zero attached hydrogens (tertiary/aromatic N) is 1. The lowest BCUT2D eigenvalue weighted by Crippen LogP contribution is -2.36. The number of rotatable bonds is 6. The molecule has 0 radical (unpaired) electrons. The van der Waals surface area contributed by atoms with Crippen LogP contribution in [0.15, 0.2) is 29.2 Å². The van der Waals surface area contributed by atoms with E-state index >= 15 is 0 Å². The molecule has 0 spiro atoms. The van der Waals surface area contributed by atoms with Gasteiger partial charge in [-0.2, -0.15) is 0 Å². The number of carbonyl (C=O) groups excluding carboxylic acids is 3. The summed E-state index contributed by atoms with van der Waals surface area (Å²) < 4.78 is 35.1. The zero-order chi connectivity index (χ0) is 23.5. The van der Waals surface area contributed by atoms with Gasteiger partial charge in [0, 0.05) is 11.4 Å². The van der Waals surface area contributed by atoms with E-state index in [4.69, 9.17) is 9.47 Å². The van der Waals surface area contributed by atoms with Crippen LogP contribution in [0.4, 0.5) is 9.80 Å². The van der Waals surface area contributed by atoms with E-state index in [0.29, 0.717) is 23.4 Å². The van der Waals surface area contributed by atoms with E-state index in [9.17, 15) is 22.8 Å². The number of amides is 2. The normalized spacial score (nSPS) is 13.3. The number of hydrogen-bond acceptors (Lipinski definition) is 8. The highest BCUT2D eigenvalue weighted by Gasteiger charge is 2.32. The van der Waals surface area contributed by atoms with Gasteiger partial charge in [0.25, 0.3) is 0 Å². The molecule has 0 saturated carbocycles. The van der Waals surface area contributed by atoms with Crippen molar-refractivity contribution < 1.29 is 32.3 Å². The molecule has 0 atom stereocenters. The smallest absolute Gasteiger partial charge is 0.410 e. The zero-order valence-corrected chi connectivity index (χ0v) is 19.6. The second-order valence-electron chi connectivity index (χ2n) is 7.19. The molecule has 2 heterocycles. The highest BCUT2D eigenvalue weighted by Crippen LogP contribution is 2.37. The topological polar surface area (TPSA) is 119 Å². The number of fused-ring (bicyclic) bond motifs is 1. The molecule has 1 aliphatic heterocycles. The van der Waals surface area contributed by atoms with Crippen molar-refractivity contribution in [2.75, 3.05) is 31.3 Å². The summed E-state index contributed by atoms with van der Waals surface area (Å²) in [6.45, 7) is 4.37. The predicted molar refractivity (Wildman–Crippen MR) is 119 cm³/mol. The van der Waals surface area contributed by atoms with Crippen LogP contribution in [-0.4, -0.2) is 57.3 Å². The molecule has 172 valence electrons. The molecule has 1 aliphatic rings. The lowest BCUT2D eigenvalue weighted by Gasteiger charge is -2.26. The highest BCUT2D eigenvalue weighted by atomic mass is 32.2. The van der Waals surface area contributed by atoms with Gasteiger partial charge in [-0.05, 0) is 38.0 Å². The number of esters is 1. The lowest BCUT2D eigenvalue weighted by atomic mass is 10.0. The SMILES string of the molecule is CCOC(=O)N1CCc2c(sc(NC(=O)CS(=O)(=O)c3ccc(C)cc3)c2C(=O)OC)C1. The molecule has 32 heavy (non-hydrogen) atoms. The number of ether oxygens (including phenoxy) is 2. The molecule has 9 nitrogen and oxygen atoms in total. The van der Waals surface area contributed by atoms with Crippen molar-refractivity contribution in [3.05, 3.63) is 45.8 Å². The maximum atomic E-state index is 12.6. The van der Waals surface area contributed by atoms with Crippen molar-refractivity contribution in [1.29, 1.82) is 0 Å². The zero-order valence-electron chi connectivity index (χ0n) is 18.0. The van der Waals surface area contributed by atoms with E-state index in [0.717, 1.165) is 16.9 Å². The van der Waals surface area contributed by atoms with Crippen molar-refractivity contribution in [3.63, 3.8) is 0 Å². The Labute approximate surface area is 190 Å². The van der Waals surface area contributed by atoms with Crippen LogP contribution in [0.1, 0.15) is 33.3 Å². The maximum absolute atomic E-state index is 12.6. The summed E-state index contributed by atoms with van der Waals surface area (Å²) in [6, 6.07) is 6.21. The number of sulfone groups is 1. The van der Waals surface area contributed by atoms with Gasteiger partial charge in [0.05, 0.1) is 30.7 Å². The van der Waals surface area contributed by atoms with Crippen molar-refractivity contribution in [1.82, 2.24) is 4.90 Å². The van der Waals surface area contributed by atoms with Crippen molar-refractivity contribution >= 4 is 44.1 Å². The Morgan fingerprint density at radius 3 is 2.50 bits per heavy atom. The summed E-state index contributed by atoms with van der Waals surface area (Å²) in [6.07, 6.45) is -0.0759. The van der Waals surface area contributed by atoms with Crippen molar-refractivity contribution in [3.8, 4) is 0 Å². The maximum Gasteiger partial charge on any atom is 0.410 e. The van der Waals surface area contributed by atoms with Gasteiger partial charge < -0.3 is 19.7 Å². The molecule has 1 aromatic heterocycles. The van der Waals surface area contributed by atoms with E-state index in [1.165, 1.54) is 24.1 Å². The first-order valence-corrected chi connectivity index (χ1v) is 12.4. The third kappa shape index (κ3) is 5.10. The number of thiophene rings is 1. The first-order chi connectivity index (χ1) is 15.2. The third-order valence-electron chi connectivity index (χ3n) is 4.93. The Morgan fingerprint density at radius 2 is 1.88 bits per heavy atom. The van der Waals surface area contributed by atoms with Crippen LogP contribution in [0.25, 0.3) is 0 Å². The number of nitrogens with one attached hydrogen (secondary N) is 1. The van der Waals surface area contributed by atoms with E-state index in [1.54, 1.807) is 19.1 Å². The Kier molecular flexibility index (Phi) is 7.19. The van der Waals surface area contributed by atoms with Gasteiger partial charge in [-0.3, -0.25) is 4.79 Å². The number of aryl methyl sites for hydroxylation is 1. The number of methoxy groups -OCH3 is 1. The molecule has 0 fully saturated rings. The molecule has 0 saturated heterocycles. The summed E-state index contributed by atoms with van der Waals surface area (Å²) in [4.78, 5) is 39.3. The molecule has 0 unspecified atom stereocenters. The average Bonchev–Trinajstić information content (AvgIpc) is 3.09. The Morgan fingerprint density at radius 1 is 1.19 bits per heavy atom. The standard InChI is InChI=1S/C21H24N2O7S2/c1-4-30-21(26)23-10-9-15-16(11-23)31-19(18(15)20(25)29-3)22-17(24)12-32(27,28)14-7-5-13(2)6-8-14/h5-8H,4,9-12H2,1-3H3,(H,22,24). The summed E-state index contributed by atoms with van der Waals surface area (Å²) in [5.41, 5.74) is 1.77. The number of anilines is 1. The van der Waals surface area contributed by atoms with Crippen LogP contribution in [0, 0.1) is 6.92 Å².